The van der Waals surface area contributed by atoms with E-state index in [-0.39, 0.29) is 30.5 Å². The molecule has 0 radical (unpaired) electrons. The van der Waals surface area contributed by atoms with Crippen LogP contribution in [0.5, 0.6) is 0 Å². The normalized spacial score (nSPS) is 13.6. The maximum atomic E-state index is 12.5. The molecule has 140 valence electrons. The molecule has 1 aromatic heterocycles. The first-order valence-electron chi connectivity index (χ1n) is 7.44. The summed E-state index contributed by atoms with van der Waals surface area (Å²) in [6.45, 7) is 6.06. The van der Waals surface area contributed by atoms with Gasteiger partial charge in [-0.3, -0.25) is 4.99 Å². The molecule has 5 nitrogen and oxygen atoms in total. The van der Waals surface area contributed by atoms with Gasteiger partial charge in [0.25, 0.3) is 0 Å². The summed E-state index contributed by atoms with van der Waals surface area (Å²) in [4.78, 5) is 9.85. The largest absolute Gasteiger partial charge is 0.434 e. The Bertz CT molecular complexity index is 507. The predicted molar refractivity (Wildman–Crippen MR) is 103 cm³/mol. The van der Waals surface area contributed by atoms with Crippen molar-refractivity contribution >= 4 is 41.3 Å². The summed E-state index contributed by atoms with van der Waals surface area (Å²) in [5.41, 5.74) is -0.850. The lowest BCUT2D eigenvalue weighted by Gasteiger charge is -2.23. The third-order valence-corrected chi connectivity index (χ3v) is 4.42. The molecule has 1 rings (SSSR count). The Morgan fingerprint density at radius 3 is 2.58 bits per heavy atom. The first-order valence-corrected chi connectivity index (χ1v) is 8.32. The van der Waals surface area contributed by atoms with Crippen LogP contribution in [-0.4, -0.2) is 49.1 Å². The van der Waals surface area contributed by atoms with Crippen molar-refractivity contribution in [1.82, 2.24) is 20.5 Å². The van der Waals surface area contributed by atoms with Gasteiger partial charge in [0.2, 0.25) is 0 Å². The summed E-state index contributed by atoms with van der Waals surface area (Å²) in [5.74, 6) is 0.548. The van der Waals surface area contributed by atoms with Crippen molar-refractivity contribution in [2.75, 3.05) is 27.2 Å². The first kappa shape index (κ1) is 23.4. The maximum Gasteiger partial charge on any atom is 0.434 e. The number of guanidine groups is 1. The molecule has 0 aliphatic heterocycles. The lowest BCUT2D eigenvalue weighted by atomic mass is 10.2. The third-order valence-electron chi connectivity index (χ3n) is 3.57. The van der Waals surface area contributed by atoms with Crippen molar-refractivity contribution in [1.29, 1.82) is 0 Å². The van der Waals surface area contributed by atoms with Crippen molar-refractivity contribution in [3.05, 3.63) is 16.1 Å². The van der Waals surface area contributed by atoms with Crippen LogP contribution in [0.4, 0.5) is 13.2 Å². The summed E-state index contributed by atoms with van der Waals surface area (Å²) in [6, 6.07) is 0.503. The number of aliphatic imine (C=N–C) groups is 1. The number of hydrogen-bond acceptors (Lipinski definition) is 4. The van der Waals surface area contributed by atoms with Crippen LogP contribution in [0.25, 0.3) is 0 Å². The van der Waals surface area contributed by atoms with Gasteiger partial charge >= 0.3 is 6.18 Å². The fraction of sp³-hybridized carbons (Fsp3) is 0.714. The molecule has 0 spiro atoms. The lowest BCUT2D eigenvalue weighted by molar-refractivity contribution is -0.140. The monoisotopic (exact) mass is 479 g/mol. The zero-order chi connectivity index (χ0) is 17.5. The third kappa shape index (κ3) is 7.97. The van der Waals surface area contributed by atoms with Crippen LogP contribution in [0.15, 0.2) is 10.4 Å². The Kier molecular flexibility index (Phi) is 10.8. The molecule has 0 amide bonds. The van der Waals surface area contributed by atoms with Gasteiger partial charge in [-0.15, -0.1) is 35.3 Å². The van der Waals surface area contributed by atoms with Gasteiger partial charge in [0.1, 0.15) is 5.01 Å². The highest BCUT2D eigenvalue weighted by Crippen LogP contribution is 2.29. The Morgan fingerprint density at radius 1 is 1.42 bits per heavy atom. The van der Waals surface area contributed by atoms with E-state index in [4.69, 9.17) is 0 Å². The Morgan fingerprint density at radius 2 is 2.08 bits per heavy atom. The number of nitrogens with one attached hydrogen (secondary N) is 2. The highest BCUT2D eigenvalue weighted by molar-refractivity contribution is 14.0. The molecule has 1 atom stereocenters. The number of hydrogen-bond donors (Lipinski definition) is 2. The second kappa shape index (κ2) is 11.1. The molecule has 0 aliphatic carbocycles. The van der Waals surface area contributed by atoms with E-state index in [1.165, 1.54) is 0 Å². The maximum absolute atomic E-state index is 12.5. The highest BCUT2D eigenvalue weighted by atomic mass is 127. The van der Waals surface area contributed by atoms with E-state index >= 15 is 0 Å². The Balaban J connectivity index is 0.00000529. The number of thiazole rings is 1. The van der Waals surface area contributed by atoms with E-state index in [1.54, 1.807) is 7.05 Å². The van der Waals surface area contributed by atoms with Gasteiger partial charge in [0.15, 0.2) is 11.7 Å². The van der Waals surface area contributed by atoms with Crippen molar-refractivity contribution in [2.45, 2.75) is 39.0 Å². The van der Waals surface area contributed by atoms with Crippen molar-refractivity contribution in [2.24, 2.45) is 4.99 Å². The number of likely N-dealkylation sites (N-methyl/N-ethyl adjacent to an activating group) is 1. The van der Waals surface area contributed by atoms with Crippen LogP contribution < -0.4 is 10.6 Å². The first-order chi connectivity index (χ1) is 10.8. The Labute approximate surface area is 162 Å². The van der Waals surface area contributed by atoms with E-state index in [1.807, 2.05) is 0 Å². The summed E-state index contributed by atoms with van der Waals surface area (Å²) < 4.78 is 37.5. The molecule has 0 aliphatic rings. The molecule has 0 saturated heterocycles. The zero-order valence-electron chi connectivity index (χ0n) is 14.3. The van der Waals surface area contributed by atoms with Crippen LogP contribution in [0.2, 0.25) is 0 Å². The molecule has 0 fully saturated rings. The van der Waals surface area contributed by atoms with E-state index in [0.29, 0.717) is 23.6 Å². The van der Waals surface area contributed by atoms with Crippen molar-refractivity contribution in [3.8, 4) is 0 Å². The molecule has 0 saturated carbocycles. The van der Waals surface area contributed by atoms with Gasteiger partial charge in [-0.25, -0.2) is 4.98 Å². The minimum atomic E-state index is -4.39. The Hall–Kier alpha value is -0.620. The lowest BCUT2D eigenvalue weighted by Crippen LogP contribution is -2.42. The zero-order valence-corrected chi connectivity index (χ0v) is 17.4. The quantitative estimate of drug-likeness (QED) is 0.359. The molecule has 10 heteroatoms. The second-order valence-corrected chi connectivity index (χ2v) is 6.16. The predicted octanol–water partition coefficient (Wildman–Crippen LogP) is 3.18. The van der Waals surface area contributed by atoms with E-state index in [9.17, 15) is 13.2 Å². The fourth-order valence-corrected chi connectivity index (χ4v) is 2.53. The molecule has 0 aromatic carbocycles. The topological polar surface area (TPSA) is 52.5 Å². The summed E-state index contributed by atoms with van der Waals surface area (Å²) in [5, 5.41) is 7.50. The molecule has 0 bridgehead atoms. The van der Waals surface area contributed by atoms with Crippen LogP contribution in [0, 0.1) is 0 Å². The van der Waals surface area contributed by atoms with Crippen LogP contribution in [0.1, 0.15) is 31.0 Å². The van der Waals surface area contributed by atoms with Gasteiger partial charge in [-0.1, -0.05) is 6.92 Å². The molecular formula is C14H25F3IN5S. The molecule has 1 unspecified atom stereocenters. The van der Waals surface area contributed by atoms with E-state index in [2.05, 4.69) is 46.4 Å². The second-order valence-electron chi connectivity index (χ2n) is 5.21. The smallest absolute Gasteiger partial charge is 0.355 e. The van der Waals surface area contributed by atoms with E-state index < -0.39 is 11.9 Å². The molecule has 2 N–H and O–H groups in total. The van der Waals surface area contributed by atoms with Gasteiger partial charge in [-0.05, 0) is 20.4 Å². The summed E-state index contributed by atoms with van der Waals surface area (Å²) >= 11 is 0.980. The van der Waals surface area contributed by atoms with E-state index in [0.717, 1.165) is 29.7 Å². The summed E-state index contributed by atoms with van der Waals surface area (Å²) in [7, 11) is 3.68. The number of nitrogens with zero attached hydrogens (tertiary/aromatic N) is 3. The highest BCUT2D eigenvalue weighted by Gasteiger charge is 2.33. The van der Waals surface area contributed by atoms with Crippen molar-refractivity contribution in [3.63, 3.8) is 0 Å². The van der Waals surface area contributed by atoms with Gasteiger partial charge in [-0.2, -0.15) is 13.2 Å². The van der Waals surface area contributed by atoms with Gasteiger partial charge < -0.3 is 15.5 Å². The standard InChI is InChI=1S/C14H24F3N5S.HI/c1-5-10(2)22(4)7-6-19-13(18-3)20-8-12-21-11(9-23-12)14(15,16)17;/h9-10H,5-8H2,1-4H3,(H2,18,19,20);1H. The fourth-order valence-electron chi connectivity index (χ4n) is 1.78. The minimum absolute atomic E-state index is 0. The molecule has 1 heterocycles. The number of alkyl halides is 3. The SMILES string of the molecule is CCC(C)N(C)CCNC(=NC)NCc1nc(C(F)(F)F)cs1.I. The molecule has 24 heavy (non-hydrogen) atoms. The summed E-state index contributed by atoms with van der Waals surface area (Å²) in [6.07, 6.45) is -3.32. The average Bonchev–Trinajstić information content (AvgIpc) is 2.98. The van der Waals surface area contributed by atoms with Crippen LogP contribution >= 0.6 is 35.3 Å². The van der Waals surface area contributed by atoms with Crippen LogP contribution in [-0.2, 0) is 12.7 Å². The minimum Gasteiger partial charge on any atom is -0.355 e. The number of halogens is 4. The van der Waals surface area contributed by atoms with Crippen molar-refractivity contribution < 1.29 is 13.2 Å². The molecular weight excluding hydrogens is 454 g/mol. The van der Waals surface area contributed by atoms with Gasteiger partial charge in [0.05, 0.1) is 6.54 Å². The average molecular weight is 479 g/mol. The van der Waals surface area contributed by atoms with Crippen LogP contribution in [0.3, 0.4) is 0 Å². The molecule has 1 aromatic rings. The van der Waals surface area contributed by atoms with Gasteiger partial charge in [0, 0.05) is 31.6 Å². The number of aromatic nitrogens is 1. The number of rotatable bonds is 7.